The lowest BCUT2D eigenvalue weighted by Crippen LogP contribution is -2.56. The molecule has 43 heavy (non-hydrogen) atoms. The molecule has 2 aliphatic heterocycles. The van der Waals surface area contributed by atoms with Gasteiger partial charge in [-0.2, -0.15) is 0 Å². The number of likely N-dealkylation sites (tertiary alicyclic amines) is 1. The SMILES string of the molecule is CC(C)C(C(=O)O)N(C)C(=O)N(C)[C@H]1CCCN(C(=O)C2CN2C(c2ccccc2)(c2ccccc2)c2ccccc2)C1. The van der Waals surface area contributed by atoms with Crippen molar-refractivity contribution in [1.82, 2.24) is 19.6 Å². The molecule has 226 valence electrons. The van der Waals surface area contributed by atoms with Crippen molar-refractivity contribution in [2.45, 2.75) is 50.4 Å². The van der Waals surface area contributed by atoms with Crippen molar-refractivity contribution in [1.29, 1.82) is 0 Å². The Morgan fingerprint density at radius 2 is 1.30 bits per heavy atom. The first-order chi connectivity index (χ1) is 20.7. The molecule has 0 radical (unpaired) electrons. The van der Waals surface area contributed by atoms with Gasteiger partial charge in [-0.25, -0.2) is 9.59 Å². The predicted octanol–water partition coefficient (Wildman–Crippen LogP) is 4.75. The number of carbonyl (C=O) groups is 3. The number of rotatable bonds is 9. The molecular weight excluding hydrogens is 540 g/mol. The Morgan fingerprint density at radius 3 is 1.74 bits per heavy atom. The highest BCUT2D eigenvalue weighted by molar-refractivity contribution is 5.86. The molecule has 2 heterocycles. The Kier molecular flexibility index (Phi) is 8.87. The van der Waals surface area contributed by atoms with Gasteiger partial charge in [0.2, 0.25) is 5.91 Å². The summed E-state index contributed by atoms with van der Waals surface area (Å²) in [5.41, 5.74) is 2.67. The maximum Gasteiger partial charge on any atom is 0.326 e. The van der Waals surface area contributed by atoms with Crippen LogP contribution in [0.15, 0.2) is 91.0 Å². The molecule has 3 aromatic carbocycles. The van der Waals surface area contributed by atoms with E-state index in [4.69, 9.17) is 0 Å². The van der Waals surface area contributed by atoms with E-state index in [9.17, 15) is 19.5 Å². The van der Waals surface area contributed by atoms with E-state index < -0.39 is 17.6 Å². The molecule has 3 aromatic rings. The van der Waals surface area contributed by atoms with Crippen molar-refractivity contribution in [2.75, 3.05) is 33.7 Å². The molecule has 8 heteroatoms. The highest BCUT2D eigenvalue weighted by Crippen LogP contribution is 2.48. The number of carboxylic acids is 1. The number of hydrogen-bond acceptors (Lipinski definition) is 4. The lowest BCUT2D eigenvalue weighted by Gasteiger charge is -2.41. The van der Waals surface area contributed by atoms with Crippen LogP contribution in [0.1, 0.15) is 43.4 Å². The van der Waals surface area contributed by atoms with Crippen LogP contribution in [0.5, 0.6) is 0 Å². The molecular formula is C35H42N4O4. The van der Waals surface area contributed by atoms with Crippen LogP contribution in [0.2, 0.25) is 0 Å². The first kappa shape index (κ1) is 30.3. The van der Waals surface area contributed by atoms with E-state index in [0.717, 1.165) is 29.5 Å². The van der Waals surface area contributed by atoms with Crippen LogP contribution in [-0.2, 0) is 15.1 Å². The van der Waals surface area contributed by atoms with Gasteiger partial charge in [0.1, 0.15) is 12.1 Å². The summed E-state index contributed by atoms with van der Waals surface area (Å²) < 4.78 is 0. The predicted molar refractivity (Wildman–Crippen MR) is 166 cm³/mol. The first-order valence-corrected chi connectivity index (χ1v) is 15.1. The van der Waals surface area contributed by atoms with E-state index in [-0.39, 0.29) is 29.9 Å². The highest BCUT2D eigenvalue weighted by atomic mass is 16.4. The lowest BCUT2D eigenvalue weighted by molar-refractivity contribution is -0.143. The quantitative estimate of drug-likeness (QED) is 0.291. The zero-order chi connectivity index (χ0) is 30.7. The summed E-state index contributed by atoms with van der Waals surface area (Å²) in [7, 11) is 3.26. The summed E-state index contributed by atoms with van der Waals surface area (Å²) in [5, 5.41) is 9.71. The average molecular weight is 583 g/mol. The van der Waals surface area contributed by atoms with E-state index in [1.165, 1.54) is 4.90 Å². The van der Waals surface area contributed by atoms with E-state index in [2.05, 4.69) is 41.3 Å². The van der Waals surface area contributed by atoms with Crippen molar-refractivity contribution in [3.05, 3.63) is 108 Å². The number of hydrogen-bond donors (Lipinski definition) is 1. The molecule has 2 saturated heterocycles. The molecule has 2 fully saturated rings. The summed E-state index contributed by atoms with van der Waals surface area (Å²) in [5.74, 6) is -1.19. The second-order valence-corrected chi connectivity index (χ2v) is 12.1. The standard InChI is InChI=1S/C35H42N4O4/c1-25(2)31(33(41)42)37(4)34(43)36(3)29-21-14-22-38(23-29)32(40)30-24-39(30)35(26-15-8-5-9-16-26,27-17-10-6-11-18-27)28-19-12-7-13-20-28/h5-13,15-20,25,29-31H,14,21-24H2,1-4H3,(H,41,42)/t29-,30?,31?,39?/m0/s1. The fourth-order valence-corrected chi connectivity index (χ4v) is 6.86. The first-order valence-electron chi connectivity index (χ1n) is 15.1. The molecule has 4 atom stereocenters. The Labute approximate surface area is 254 Å². The van der Waals surface area contributed by atoms with Gasteiger partial charge in [-0.3, -0.25) is 9.69 Å². The molecule has 0 bridgehead atoms. The molecule has 8 nitrogen and oxygen atoms in total. The monoisotopic (exact) mass is 582 g/mol. The van der Waals surface area contributed by atoms with Gasteiger partial charge in [0.05, 0.1) is 11.6 Å². The van der Waals surface area contributed by atoms with Crippen molar-refractivity contribution in [3.8, 4) is 0 Å². The maximum atomic E-state index is 14.2. The van der Waals surface area contributed by atoms with E-state index in [1.54, 1.807) is 32.8 Å². The summed E-state index contributed by atoms with van der Waals surface area (Å²) >= 11 is 0. The van der Waals surface area contributed by atoms with Gasteiger partial charge >= 0.3 is 12.0 Å². The van der Waals surface area contributed by atoms with Gasteiger partial charge in [-0.1, -0.05) is 105 Å². The van der Waals surface area contributed by atoms with Gasteiger partial charge in [0.25, 0.3) is 0 Å². The third kappa shape index (κ3) is 5.76. The average Bonchev–Trinajstić information content (AvgIpc) is 3.83. The molecule has 0 saturated carbocycles. The number of urea groups is 1. The number of amides is 3. The Hall–Kier alpha value is -4.17. The number of carbonyl (C=O) groups excluding carboxylic acids is 2. The minimum atomic E-state index is -1.02. The number of aliphatic carboxylic acids is 1. The number of carboxylic acid groups (broad SMARTS) is 1. The number of nitrogens with zero attached hydrogens (tertiary/aromatic N) is 4. The molecule has 1 N–H and O–H groups in total. The van der Waals surface area contributed by atoms with Crippen LogP contribution >= 0.6 is 0 Å². The Morgan fingerprint density at radius 1 is 0.814 bits per heavy atom. The van der Waals surface area contributed by atoms with Crippen molar-refractivity contribution in [3.63, 3.8) is 0 Å². The number of likely N-dealkylation sites (N-methyl/N-ethyl adjacent to an activating group) is 2. The molecule has 0 spiro atoms. The van der Waals surface area contributed by atoms with Crippen molar-refractivity contribution < 1.29 is 19.5 Å². The van der Waals surface area contributed by atoms with Crippen molar-refractivity contribution >= 4 is 17.9 Å². The molecule has 0 aromatic heterocycles. The summed E-state index contributed by atoms with van der Waals surface area (Å²) in [6.45, 7) is 5.27. The second kappa shape index (κ2) is 12.6. The normalized spacial score (nSPS) is 20.8. The van der Waals surface area contributed by atoms with Gasteiger partial charge in [0, 0.05) is 33.7 Å². The summed E-state index contributed by atoms with van der Waals surface area (Å²) in [6.07, 6.45) is 1.54. The van der Waals surface area contributed by atoms with Crippen LogP contribution in [0, 0.1) is 5.92 Å². The third-order valence-electron chi connectivity index (χ3n) is 9.06. The molecule has 5 rings (SSSR count). The highest BCUT2D eigenvalue weighted by Gasteiger charge is 2.57. The Balaban J connectivity index is 1.40. The number of benzene rings is 3. The van der Waals surface area contributed by atoms with Gasteiger partial charge < -0.3 is 19.8 Å². The minimum Gasteiger partial charge on any atom is -0.480 e. The van der Waals surface area contributed by atoms with Crippen LogP contribution in [0.3, 0.4) is 0 Å². The van der Waals surface area contributed by atoms with E-state index in [0.29, 0.717) is 19.6 Å². The third-order valence-corrected chi connectivity index (χ3v) is 9.06. The summed E-state index contributed by atoms with van der Waals surface area (Å²) in [6, 6.07) is 29.4. The van der Waals surface area contributed by atoms with Crippen molar-refractivity contribution in [2.24, 2.45) is 5.92 Å². The zero-order valence-corrected chi connectivity index (χ0v) is 25.5. The fraction of sp³-hybridized carbons (Fsp3) is 0.400. The van der Waals surface area contributed by atoms with Gasteiger partial charge in [-0.15, -0.1) is 0 Å². The van der Waals surface area contributed by atoms with E-state index in [1.807, 2.05) is 59.5 Å². The number of piperidine rings is 1. The van der Waals surface area contributed by atoms with E-state index >= 15 is 0 Å². The topological polar surface area (TPSA) is 84.2 Å². The van der Waals surface area contributed by atoms with Gasteiger partial charge in [-0.05, 0) is 35.4 Å². The van der Waals surface area contributed by atoms with Crippen LogP contribution < -0.4 is 0 Å². The van der Waals surface area contributed by atoms with Crippen LogP contribution in [0.25, 0.3) is 0 Å². The lowest BCUT2D eigenvalue weighted by atomic mass is 9.76. The minimum absolute atomic E-state index is 0.0664. The smallest absolute Gasteiger partial charge is 0.326 e. The fourth-order valence-electron chi connectivity index (χ4n) is 6.86. The Bertz CT molecular complexity index is 1320. The van der Waals surface area contributed by atoms with Gasteiger partial charge in [0.15, 0.2) is 0 Å². The summed E-state index contributed by atoms with van der Waals surface area (Å²) in [4.78, 5) is 46.5. The zero-order valence-electron chi connectivity index (χ0n) is 25.5. The molecule has 3 amide bonds. The molecule has 0 aliphatic carbocycles. The van der Waals surface area contributed by atoms with Crippen LogP contribution in [-0.4, -0.2) is 94.5 Å². The maximum absolute atomic E-state index is 14.2. The second-order valence-electron chi connectivity index (χ2n) is 12.1. The van der Waals surface area contributed by atoms with Crippen LogP contribution in [0.4, 0.5) is 4.79 Å². The molecule has 2 aliphatic rings. The molecule has 3 unspecified atom stereocenters. The largest absolute Gasteiger partial charge is 0.480 e.